The van der Waals surface area contributed by atoms with E-state index in [1.54, 1.807) is 12.5 Å². The summed E-state index contributed by atoms with van der Waals surface area (Å²) >= 11 is 0. The maximum absolute atomic E-state index is 12.6. The minimum Gasteiger partial charge on any atom is -0.367 e. The molecule has 1 saturated heterocycles. The maximum atomic E-state index is 12.6. The van der Waals surface area contributed by atoms with Gasteiger partial charge >= 0.3 is 0 Å². The summed E-state index contributed by atoms with van der Waals surface area (Å²) in [5.41, 5.74) is 0.0489. The van der Waals surface area contributed by atoms with Crippen molar-refractivity contribution in [3.8, 4) is 0 Å². The highest BCUT2D eigenvalue weighted by Gasteiger charge is 2.28. The molecule has 8 heteroatoms. The van der Waals surface area contributed by atoms with Gasteiger partial charge in [0, 0.05) is 57.7 Å². The van der Waals surface area contributed by atoms with E-state index in [2.05, 4.69) is 25.2 Å². The second kappa shape index (κ2) is 6.93. The van der Waals surface area contributed by atoms with E-state index < -0.39 is 0 Å². The first-order chi connectivity index (χ1) is 12.6. The van der Waals surface area contributed by atoms with Crippen LogP contribution in [0.2, 0.25) is 0 Å². The van der Waals surface area contributed by atoms with Crippen LogP contribution in [0.5, 0.6) is 0 Å². The van der Waals surface area contributed by atoms with Crippen LogP contribution in [0.3, 0.4) is 0 Å². The minimum absolute atomic E-state index is 0.0489. The van der Waals surface area contributed by atoms with E-state index in [1.165, 1.54) is 0 Å². The Hall–Kier alpha value is -2.64. The van der Waals surface area contributed by atoms with Crippen molar-refractivity contribution in [2.24, 2.45) is 0 Å². The molecule has 26 heavy (non-hydrogen) atoms. The third-order valence-corrected chi connectivity index (χ3v) is 5.05. The number of anilines is 3. The average molecular weight is 355 g/mol. The summed E-state index contributed by atoms with van der Waals surface area (Å²) in [6.07, 6.45) is 9.24. The van der Waals surface area contributed by atoms with Crippen LogP contribution in [-0.2, 0) is 0 Å². The predicted molar refractivity (Wildman–Crippen MR) is 102 cm³/mol. The normalized spacial score (nSPS) is 18.0. The fraction of sp³-hybridized carbons (Fsp3) is 0.556. The Morgan fingerprint density at radius 2 is 1.88 bits per heavy atom. The second-order valence-corrected chi connectivity index (χ2v) is 7.26. The summed E-state index contributed by atoms with van der Waals surface area (Å²) in [6.45, 7) is 1.64. The molecule has 2 aromatic heterocycles. The van der Waals surface area contributed by atoms with Gasteiger partial charge in [-0.3, -0.25) is 4.79 Å². The Bertz CT molecular complexity index is 822. The van der Waals surface area contributed by atoms with E-state index >= 15 is 0 Å². The van der Waals surface area contributed by atoms with Crippen LogP contribution in [0, 0.1) is 0 Å². The number of nitrogens with one attached hydrogen (secondary N) is 1. The number of aromatic nitrogens is 4. The van der Waals surface area contributed by atoms with Crippen molar-refractivity contribution in [3.63, 3.8) is 0 Å². The number of rotatable bonds is 5. The second-order valence-electron chi connectivity index (χ2n) is 7.26. The van der Waals surface area contributed by atoms with Crippen molar-refractivity contribution in [1.29, 1.82) is 0 Å². The molecule has 0 unspecified atom stereocenters. The maximum Gasteiger partial charge on any atom is 0.293 e. The molecule has 1 saturated carbocycles. The lowest BCUT2D eigenvalue weighted by atomic mass is 10.1. The number of hydrogen-bond acceptors (Lipinski definition) is 7. The van der Waals surface area contributed by atoms with Crippen molar-refractivity contribution in [2.45, 2.75) is 37.8 Å². The summed E-state index contributed by atoms with van der Waals surface area (Å²) in [4.78, 5) is 29.6. The van der Waals surface area contributed by atoms with Crippen LogP contribution in [0.4, 0.5) is 17.5 Å². The summed E-state index contributed by atoms with van der Waals surface area (Å²) < 4.78 is 1.84. The van der Waals surface area contributed by atoms with Crippen molar-refractivity contribution >= 4 is 17.5 Å². The van der Waals surface area contributed by atoms with E-state index in [4.69, 9.17) is 0 Å². The van der Waals surface area contributed by atoms with E-state index in [-0.39, 0.29) is 5.56 Å². The molecule has 2 fully saturated rings. The van der Waals surface area contributed by atoms with Gasteiger partial charge in [-0.05, 0) is 25.7 Å². The molecule has 1 aliphatic carbocycles. The first kappa shape index (κ1) is 16.8. The molecule has 0 atom stereocenters. The molecule has 0 bridgehead atoms. The lowest BCUT2D eigenvalue weighted by molar-refractivity contribution is 0.518. The standard InChI is InChI=1S/C18H25N7O/c1-23(2)16-11-15(20-12-21-16)22-13-5-8-24(9-6-13)17-18(26)25(10-7-19-17)14-3-4-14/h7,10-14H,3-6,8-9H2,1-2H3,(H,20,21,22). The Labute approximate surface area is 152 Å². The molecule has 1 N–H and O–H groups in total. The van der Waals surface area contributed by atoms with Crippen molar-refractivity contribution in [3.05, 3.63) is 35.1 Å². The lowest BCUT2D eigenvalue weighted by Crippen LogP contribution is -2.42. The molecule has 2 aromatic rings. The molecule has 0 spiro atoms. The largest absolute Gasteiger partial charge is 0.367 e. The molecule has 8 nitrogen and oxygen atoms in total. The Morgan fingerprint density at radius 1 is 1.12 bits per heavy atom. The molecule has 0 aromatic carbocycles. The van der Waals surface area contributed by atoms with Crippen LogP contribution in [0.15, 0.2) is 29.6 Å². The quantitative estimate of drug-likeness (QED) is 0.871. The predicted octanol–water partition coefficient (Wildman–Crippen LogP) is 1.52. The molecular weight excluding hydrogens is 330 g/mol. The van der Waals surface area contributed by atoms with Gasteiger partial charge in [-0.15, -0.1) is 0 Å². The first-order valence-electron chi connectivity index (χ1n) is 9.20. The van der Waals surface area contributed by atoms with Gasteiger partial charge in [-0.25, -0.2) is 15.0 Å². The SMILES string of the molecule is CN(C)c1cc(NC2CCN(c3nccn(C4CC4)c3=O)CC2)ncn1. The fourth-order valence-electron chi connectivity index (χ4n) is 3.39. The number of nitrogens with zero attached hydrogens (tertiary/aromatic N) is 6. The van der Waals surface area contributed by atoms with E-state index in [9.17, 15) is 4.79 Å². The molecule has 138 valence electrons. The highest BCUT2D eigenvalue weighted by atomic mass is 16.1. The molecule has 4 rings (SSSR count). The van der Waals surface area contributed by atoms with Gasteiger partial charge in [-0.2, -0.15) is 0 Å². The van der Waals surface area contributed by atoms with Gasteiger partial charge in [0.05, 0.1) is 0 Å². The fourth-order valence-corrected chi connectivity index (χ4v) is 3.39. The molecule has 0 amide bonds. The Morgan fingerprint density at radius 3 is 2.58 bits per heavy atom. The van der Waals surface area contributed by atoms with Crippen molar-refractivity contribution < 1.29 is 0 Å². The van der Waals surface area contributed by atoms with Crippen LogP contribution < -0.4 is 20.7 Å². The zero-order valence-electron chi connectivity index (χ0n) is 15.3. The highest BCUT2D eigenvalue weighted by molar-refractivity contribution is 5.48. The Kier molecular flexibility index (Phi) is 4.48. The molecule has 1 aliphatic heterocycles. The third-order valence-electron chi connectivity index (χ3n) is 5.05. The monoisotopic (exact) mass is 355 g/mol. The first-order valence-corrected chi connectivity index (χ1v) is 9.20. The zero-order valence-corrected chi connectivity index (χ0v) is 15.3. The molecule has 2 aliphatic rings. The summed E-state index contributed by atoms with van der Waals surface area (Å²) in [7, 11) is 3.93. The molecular formula is C18H25N7O. The third kappa shape index (κ3) is 3.49. The number of piperidine rings is 1. The van der Waals surface area contributed by atoms with Gasteiger partial charge in [0.1, 0.15) is 18.0 Å². The smallest absolute Gasteiger partial charge is 0.293 e. The van der Waals surface area contributed by atoms with E-state index in [0.29, 0.717) is 17.9 Å². The summed E-state index contributed by atoms with van der Waals surface area (Å²) in [5.74, 6) is 2.32. The van der Waals surface area contributed by atoms with E-state index in [0.717, 1.165) is 50.4 Å². The molecule has 0 radical (unpaired) electrons. The van der Waals surface area contributed by atoms with Crippen LogP contribution in [-0.4, -0.2) is 52.7 Å². The van der Waals surface area contributed by atoms with E-state index in [1.807, 2.05) is 35.8 Å². The Balaban J connectivity index is 1.39. The van der Waals surface area contributed by atoms with Crippen LogP contribution >= 0.6 is 0 Å². The van der Waals surface area contributed by atoms with Gasteiger partial charge in [0.2, 0.25) is 0 Å². The molecule has 3 heterocycles. The van der Waals surface area contributed by atoms with Gasteiger partial charge in [0.15, 0.2) is 5.82 Å². The van der Waals surface area contributed by atoms with Gasteiger partial charge < -0.3 is 19.7 Å². The summed E-state index contributed by atoms with van der Waals surface area (Å²) in [5, 5.41) is 3.49. The minimum atomic E-state index is 0.0489. The summed E-state index contributed by atoms with van der Waals surface area (Å²) in [6, 6.07) is 2.68. The van der Waals surface area contributed by atoms with Crippen molar-refractivity contribution in [2.75, 3.05) is 42.3 Å². The zero-order chi connectivity index (χ0) is 18.1. The van der Waals surface area contributed by atoms with Gasteiger partial charge in [-0.1, -0.05) is 0 Å². The van der Waals surface area contributed by atoms with Crippen LogP contribution in [0.25, 0.3) is 0 Å². The average Bonchev–Trinajstić information content (AvgIpc) is 3.48. The topological polar surface area (TPSA) is 79.2 Å². The van der Waals surface area contributed by atoms with Crippen molar-refractivity contribution in [1.82, 2.24) is 19.5 Å². The lowest BCUT2D eigenvalue weighted by Gasteiger charge is -2.33. The van der Waals surface area contributed by atoms with Crippen LogP contribution in [0.1, 0.15) is 31.7 Å². The van der Waals surface area contributed by atoms with Gasteiger partial charge in [0.25, 0.3) is 5.56 Å². The highest BCUT2D eigenvalue weighted by Crippen LogP contribution is 2.33. The number of hydrogen-bond donors (Lipinski definition) is 1.